The molecule has 4 heteroatoms. The number of fused-ring (bicyclic) bond motifs is 1. The molecule has 0 aliphatic carbocycles. The predicted molar refractivity (Wildman–Crippen MR) is 78.3 cm³/mol. The number of nitrogens with zero attached hydrogens (tertiary/aromatic N) is 3. The molecular formula is C15H22N4. The number of piperazine rings is 1. The SMILES string of the molecule is CC(C)n1cnc2cc(CN3CCNCC3)ccc21. The zero-order chi connectivity index (χ0) is 13.2. The molecule has 19 heavy (non-hydrogen) atoms. The fourth-order valence-electron chi connectivity index (χ4n) is 2.71. The third-order valence-corrected chi connectivity index (χ3v) is 3.81. The topological polar surface area (TPSA) is 33.1 Å². The monoisotopic (exact) mass is 258 g/mol. The molecule has 1 fully saturated rings. The Hall–Kier alpha value is -1.39. The van der Waals surface area contributed by atoms with Crippen LogP contribution in [-0.2, 0) is 6.54 Å². The zero-order valence-electron chi connectivity index (χ0n) is 11.8. The van der Waals surface area contributed by atoms with Crippen LogP contribution in [0.4, 0.5) is 0 Å². The summed E-state index contributed by atoms with van der Waals surface area (Å²) in [5.74, 6) is 0. The number of hydrogen-bond donors (Lipinski definition) is 1. The molecular weight excluding hydrogens is 236 g/mol. The van der Waals surface area contributed by atoms with Gasteiger partial charge in [-0.25, -0.2) is 4.98 Å². The van der Waals surface area contributed by atoms with Crippen LogP contribution in [0.3, 0.4) is 0 Å². The van der Waals surface area contributed by atoms with Gasteiger partial charge < -0.3 is 9.88 Å². The van der Waals surface area contributed by atoms with Gasteiger partial charge in [0.1, 0.15) is 0 Å². The van der Waals surface area contributed by atoms with Crippen LogP contribution in [0.1, 0.15) is 25.5 Å². The van der Waals surface area contributed by atoms with Crippen LogP contribution in [-0.4, -0.2) is 40.6 Å². The molecule has 4 nitrogen and oxygen atoms in total. The lowest BCUT2D eigenvalue weighted by Gasteiger charge is -2.27. The van der Waals surface area contributed by atoms with Crippen molar-refractivity contribution in [1.82, 2.24) is 19.8 Å². The highest BCUT2D eigenvalue weighted by Crippen LogP contribution is 2.19. The summed E-state index contributed by atoms with van der Waals surface area (Å²) < 4.78 is 2.23. The van der Waals surface area contributed by atoms with Crippen LogP contribution < -0.4 is 5.32 Å². The molecule has 1 N–H and O–H groups in total. The Morgan fingerprint density at radius 2 is 2.05 bits per heavy atom. The van der Waals surface area contributed by atoms with Gasteiger partial charge in [-0.2, -0.15) is 0 Å². The van der Waals surface area contributed by atoms with Crippen LogP contribution in [0.15, 0.2) is 24.5 Å². The fraction of sp³-hybridized carbons (Fsp3) is 0.533. The minimum Gasteiger partial charge on any atom is -0.328 e. The summed E-state index contributed by atoms with van der Waals surface area (Å²) in [5.41, 5.74) is 3.71. The molecule has 0 bridgehead atoms. The zero-order valence-corrected chi connectivity index (χ0v) is 11.8. The molecule has 1 aromatic heterocycles. The molecule has 0 amide bonds. The quantitative estimate of drug-likeness (QED) is 0.914. The largest absolute Gasteiger partial charge is 0.328 e. The van der Waals surface area contributed by atoms with Crippen molar-refractivity contribution in [3.63, 3.8) is 0 Å². The summed E-state index contributed by atoms with van der Waals surface area (Å²) >= 11 is 0. The molecule has 0 atom stereocenters. The second kappa shape index (κ2) is 5.31. The summed E-state index contributed by atoms with van der Waals surface area (Å²) in [6, 6.07) is 7.14. The van der Waals surface area contributed by atoms with Crippen LogP contribution in [0.5, 0.6) is 0 Å². The predicted octanol–water partition coefficient (Wildman–Crippen LogP) is 2.02. The van der Waals surface area contributed by atoms with Crippen LogP contribution in [0.25, 0.3) is 11.0 Å². The van der Waals surface area contributed by atoms with E-state index in [1.54, 1.807) is 0 Å². The van der Waals surface area contributed by atoms with E-state index in [9.17, 15) is 0 Å². The van der Waals surface area contributed by atoms with Gasteiger partial charge in [-0.15, -0.1) is 0 Å². The minimum absolute atomic E-state index is 0.462. The molecule has 1 aliphatic rings. The van der Waals surface area contributed by atoms with Gasteiger partial charge in [-0.3, -0.25) is 4.90 Å². The van der Waals surface area contributed by atoms with Crippen molar-refractivity contribution in [2.45, 2.75) is 26.4 Å². The Labute approximate surface area is 114 Å². The molecule has 0 unspecified atom stereocenters. The maximum Gasteiger partial charge on any atom is 0.0960 e. The van der Waals surface area contributed by atoms with E-state index < -0.39 is 0 Å². The van der Waals surface area contributed by atoms with Gasteiger partial charge in [0.2, 0.25) is 0 Å². The molecule has 2 heterocycles. The van der Waals surface area contributed by atoms with Crippen molar-refractivity contribution >= 4 is 11.0 Å². The Kier molecular flexibility index (Phi) is 3.53. The Balaban J connectivity index is 1.81. The summed E-state index contributed by atoms with van der Waals surface area (Å²) in [4.78, 5) is 7.02. The highest BCUT2D eigenvalue weighted by Gasteiger charge is 2.11. The maximum atomic E-state index is 4.53. The first kappa shape index (κ1) is 12.6. The van der Waals surface area contributed by atoms with Gasteiger partial charge in [0.15, 0.2) is 0 Å². The maximum absolute atomic E-state index is 4.53. The van der Waals surface area contributed by atoms with Crippen molar-refractivity contribution in [2.24, 2.45) is 0 Å². The fourth-order valence-corrected chi connectivity index (χ4v) is 2.71. The Morgan fingerprint density at radius 1 is 1.26 bits per heavy atom. The number of nitrogens with one attached hydrogen (secondary N) is 1. The smallest absolute Gasteiger partial charge is 0.0960 e. The number of benzene rings is 1. The van der Waals surface area contributed by atoms with Crippen molar-refractivity contribution in [3.05, 3.63) is 30.1 Å². The van der Waals surface area contributed by atoms with E-state index in [-0.39, 0.29) is 0 Å². The molecule has 0 saturated carbocycles. The lowest BCUT2D eigenvalue weighted by atomic mass is 10.1. The average molecular weight is 258 g/mol. The molecule has 102 valence electrons. The minimum atomic E-state index is 0.462. The van der Waals surface area contributed by atoms with Crippen LogP contribution >= 0.6 is 0 Å². The first-order chi connectivity index (χ1) is 9.24. The highest BCUT2D eigenvalue weighted by atomic mass is 15.2. The number of rotatable bonds is 3. The third kappa shape index (κ3) is 2.65. The van der Waals surface area contributed by atoms with Crippen molar-refractivity contribution in [3.8, 4) is 0 Å². The highest BCUT2D eigenvalue weighted by molar-refractivity contribution is 5.76. The number of hydrogen-bond acceptors (Lipinski definition) is 3. The van der Waals surface area contributed by atoms with Gasteiger partial charge in [-0.1, -0.05) is 6.07 Å². The first-order valence-electron chi connectivity index (χ1n) is 7.12. The Bertz CT molecular complexity index is 552. The van der Waals surface area contributed by atoms with E-state index in [0.717, 1.165) is 38.2 Å². The van der Waals surface area contributed by atoms with Crippen molar-refractivity contribution in [2.75, 3.05) is 26.2 Å². The second-order valence-corrected chi connectivity index (χ2v) is 5.59. The van der Waals surface area contributed by atoms with Crippen molar-refractivity contribution < 1.29 is 0 Å². The van der Waals surface area contributed by atoms with Gasteiger partial charge in [0.25, 0.3) is 0 Å². The molecule has 3 rings (SSSR count). The van der Waals surface area contributed by atoms with E-state index in [0.29, 0.717) is 6.04 Å². The third-order valence-electron chi connectivity index (χ3n) is 3.81. The first-order valence-corrected chi connectivity index (χ1v) is 7.12. The number of aromatic nitrogens is 2. The summed E-state index contributed by atoms with van der Waals surface area (Å²) in [6.07, 6.45) is 1.95. The van der Waals surface area contributed by atoms with E-state index in [1.165, 1.54) is 11.1 Å². The standard InChI is InChI=1S/C15H22N4/c1-12(2)19-11-17-14-9-13(3-4-15(14)19)10-18-7-5-16-6-8-18/h3-4,9,11-12,16H,5-8,10H2,1-2H3. The van der Waals surface area contributed by atoms with Gasteiger partial charge in [0, 0.05) is 38.8 Å². The molecule has 2 aromatic rings. The summed E-state index contributed by atoms with van der Waals surface area (Å²) in [6.45, 7) is 9.89. The van der Waals surface area contributed by atoms with Crippen molar-refractivity contribution in [1.29, 1.82) is 0 Å². The molecule has 0 spiro atoms. The lowest BCUT2D eigenvalue weighted by Crippen LogP contribution is -2.42. The van der Waals surface area contributed by atoms with Gasteiger partial charge >= 0.3 is 0 Å². The molecule has 1 aromatic carbocycles. The second-order valence-electron chi connectivity index (χ2n) is 5.59. The van der Waals surface area contributed by atoms with Crippen LogP contribution in [0, 0.1) is 0 Å². The van der Waals surface area contributed by atoms with Gasteiger partial charge in [-0.05, 0) is 31.5 Å². The van der Waals surface area contributed by atoms with E-state index in [2.05, 4.69) is 51.8 Å². The van der Waals surface area contributed by atoms with Gasteiger partial charge in [0.05, 0.1) is 17.4 Å². The lowest BCUT2D eigenvalue weighted by molar-refractivity contribution is 0.233. The molecule has 0 radical (unpaired) electrons. The van der Waals surface area contributed by atoms with E-state index in [4.69, 9.17) is 0 Å². The van der Waals surface area contributed by atoms with E-state index >= 15 is 0 Å². The molecule has 1 saturated heterocycles. The average Bonchev–Trinajstić information content (AvgIpc) is 2.83. The summed E-state index contributed by atoms with van der Waals surface area (Å²) in [7, 11) is 0. The van der Waals surface area contributed by atoms with Crippen LogP contribution in [0.2, 0.25) is 0 Å². The summed E-state index contributed by atoms with van der Waals surface area (Å²) in [5, 5.41) is 3.39. The normalized spacial score (nSPS) is 17.4. The Morgan fingerprint density at radius 3 is 2.79 bits per heavy atom. The van der Waals surface area contributed by atoms with E-state index in [1.807, 2.05) is 6.33 Å². The number of imidazole rings is 1. The molecule has 1 aliphatic heterocycles.